The van der Waals surface area contributed by atoms with E-state index in [1.165, 1.54) is 0 Å². The molecule has 1 aliphatic rings. The van der Waals surface area contributed by atoms with E-state index in [2.05, 4.69) is 10.3 Å². The van der Waals surface area contributed by atoms with E-state index in [1.807, 2.05) is 12.3 Å². The first-order valence-corrected chi connectivity index (χ1v) is 8.92. The Balaban J connectivity index is 1.84. The predicted molar refractivity (Wildman–Crippen MR) is 94.9 cm³/mol. The molecule has 7 nitrogen and oxygen atoms in total. The molecule has 3 aromatic rings. The number of hydrogen-bond donors (Lipinski definition) is 2. The summed E-state index contributed by atoms with van der Waals surface area (Å²) in [4.78, 5) is 16.4. The van der Waals surface area contributed by atoms with Crippen LogP contribution in [0.1, 0.15) is 5.56 Å². The summed E-state index contributed by atoms with van der Waals surface area (Å²) in [5.74, 6) is 0.211. The number of nitrogens with zero attached hydrogens (tertiary/aromatic N) is 2. The van der Waals surface area contributed by atoms with E-state index in [9.17, 15) is 9.00 Å². The summed E-state index contributed by atoms with van der Waals surface area (Å²) >= 11 is 0. The number of amides is 1. The lowest BCUT2D eigenvalue weighted by atomic mass is 10.2. The van der Waals surface area contributed by atoms with E-state index in [0.29, 0.717) is 29.3 Å². The summed E-state index contributed by atoms with van der Waals surface area (Å²) in [7, 11) is -1.55. The van der Waals surface area contributed by atoms with Gasteiger partial charge in [0, 0.05) is 12.4 Å². The number of benzene rings is 1. The predicted octanol–water partition coefficient (Wildman–Crippen LogP) is 1.44. The van der Waals surface area contributed by atoms with Crippen LogP contribution in [0.2, 0.25) is 0 Å². The Kier molecular flexibility index (Phi) is 3.98. The number of anilines is 1. The Hall–Kier alpha value is -2.71. The fourth-order valence-corrected chi connectivity index (χ4v) is 4.18. The van der Waals surface area contributed by atoms with Crippen LogP contribution in [-0.2, 0) is 22.2 Å². The monoisotopic (exact) mass is 356 g/mol. The van der Waals surface area contributed by atoms with Crippen LogP contribution in [0.15, 0.2) is 47.6 Å². The van der Waals surface area contributed by atoms with E-state index in [4.69, 9.17) is 10.5 Å². The van der Waals surface area contributed by atoms with Gasteiger partial charge in [-0.2, -0.15) is 0 Å². The summed E-state index contributed by atoms with van der Waals surface area (Å²) in [5.41, 5.74) is 8.71. The lowest BCUT2D eigenvalue weighted by molar-refractivity contribution is -0.118. The minimum atomic E-state index is -1.55. The summed E-state index contributed by atoms with van der Waals surface area (Å²) in [5, 5.41) is 2.73. The molecular weight excluding hydrogens is 340 g/mol. The lowest BCUT2D eigenvalue weighted by Gasteiger charge is -2.20. The van der Waals surface area contributed by atoms with E-state index < -0.39 is 11.0 Å². The zero-order chi connectivity index (χ0) is 17.4. The van der Waals surface area contributed by atoms with Gasteiger partial charge in [0.25, 0.3) is 5.91 Å². The molecule has 0 fully saturated rings. The Labute approximate surface area is 146 Å². The van der Waals surface area contributed by atoms with Gasteiger partial charge in [0.15, 0.2) is 23.3 Å². The van der Waals surface area contributed by atoms with Gasteiger partial charge >= 0.3 is 0 Å². The first-order chi connectivity index (χ1) is 12.2. The number of carbonyl (C=O) groups excluding carboxylic acids is 1. The SMILES string of the molecule is NCCc1cn(S(=O)c2cccc3c2OCC(=O)N3)c2cccnc12. The standard InChI is InChI=1S/C17H16N4O3S/c18-7-6-11-9-21(13-4-2-8-19-16(11)13)25(23)14-5-1-3-12-17(14)24-10-15(22)20-12/h1-5,8-9H,6-7,10,18H2,(H,20,22). The molecular formula is C17H16N4O3S. The molecule has 4 rings (SSSR count). The van der Waals surface area contributed by atoms with Crippen molar-refractivity contribution in [3.63, 3.8) is 0 Å². The van der Waals surface area contributed by atoms with Gasteiger partial charge in [-0.15, -0.1) is 0 Å². The second-order valence-corrected chi connectivity index (χ2v) is 6.94. The van der Waals surface area contributed by atoms with Gasteiger partial charge in [0.05, 0.1) is 16.7 Å². The Bertz CT molecular complexity index is 999. The smallest absolute Gasteiger partial charge is 0.262 e. The maximum Gasteiger partial charge on any atom is 0.262 e. The Morgan fingerprint density at radius 1 is 1.32 bits per heavy atom. The topological polar surface area (TPSA) is 99.2 Å². The molecule has 128 valence electrons. The molecule has 0 aliphatic carbocycles. The van der Waals surface area contributed by atoms with Gasteiger partial charge in [-0.1, -0.05) is 6.07 Å². The summed E-state index contributed by atoms with van der Waals surface area (Å²) in [6.45, 7) is 0.395. The van der Waals surface area contributed by atoms with E-state index in [0.717, 1.165) is 16.6 Å². The maximum atomic E-state index is 13.3. The van der Waals surface area contributed by atoms with Crippen LogP contribution >= 0.6 is 0 Å². The Morgan fingerprint density at radius 3 is 3.04 bits per heavy atom. The molecule has 3 N–H and O–H groups in total. The van der Waals surface area contributed by atoms with Crippen LogP contribution in [0.3, 0.4) is 0 Å². The molecule has 3 heterocycles. The van der Waals surface area contributed by atoms with Gasteiger partial charge < -0.3 is 15.8 Å². The van der Waals surface area contributed by atoms with Crippen molar-refractivity contribution in [2.45, 2.75) is 11.3 Å². The fourth-order valence-electron chi connectivity index (χ4n) is 2.90. The highest BCUT2D eigenvalue weighted by Crippen LogP contribution is 2.35. The van der Waals surface area contributed by atoms with Gasteiger partial charge in [-0.25, -0.2) is 4.21 Å². The van der Waals surface area contributed by atoms with E-state index in [1.54, 1.807) is 34.4 Å². The van der Waals surface area contributed by atoms with Crippen LogP contribution in [0.25, 0.3) is 11.0 Å². The van der Waals surface area contributed by atoms with Crippen molar-refractivity contribution < 1.29 is 13.7 Å². The number of nitrogens with one attached hydrogen (secondary N) is 1. The molecule has 1 aromatic carbocycles. The number of aromatic nitrogens is 2. The molecule has 0 bridgehead atoms. The van der Waals surface area contributed by atoms with E-state index >= 15 is 0 Å². The molecule has 0 radical (unpaired) electrons. The average molecular weight is 356 g/mol. The van der Waals surface area contributed by atoms with Crippen LogP contribution in [-0.4, -0.2) is 32.2 Å². The minimum absolute atomic E-state index is 0.0897. The largest absolute Gasteiger partial charge is 0.480 e. The van der Waals surface area contributed by atoms with Crippen molar-refractivity contribution in [1.29, 1.82) is 0 Å². The third kappa shape index (κ3) is 2.69. The number of carbonyl (C=O) groups is 1. The number of pyridine rings is 1. The molecule has 2 aromatic heterocycles. The highest BCUT2D eigenvalue weighted by Gasteiger charge is 2.24. The minimum Gasteiger partial charge on any atom is -0.480 e. The molecule has 25 heavy (non-hydrogen) atoms. The van der Waals surface area contributed by atoms with Crippen molar-refractivity contribution in [1.82, 2.24) is 8.96 Å². The number of ether oxygens (including phenoxy) is 1. The zero-order valence-electron chi connectivity index (χ0n) is 13.3. The second kappa shape index (κ2) is 6.30. The average Bonchev–Trinajstić information content (AvgIpc) is 2.99. The molecule has 1 atom stereocenters. The van der Waals surface area contributed by atoms with Gasteiger partial charge in [0.2, 0.25) is 0 Å². The Morgan fingerprint density at radius 2 is 2.20 bits per heavy atom. The highest BCUT2D eigenvalue weighted by atomic mass is 32.2. The van der Waals surface area contributed by atoms with Gasteiger partial charge in [-0.3, -0.25) is 13.8 Å². The van der Waals surface area contributed by atoms with Crippen LogP contribution < -0.4 is 15.8 Å². The van der Waals surface area contributed by atoms with E-state index in [-0.39, 0.29) is 12.5 Å². The molecule has 1 unspecified atom stereocenters. The van der Waals surface area contributed by atoms with Crippen molar-refractivity contribution >= 4 is 33.6 Å². The quantitative estimate of drug-likeness (QED) is 0.737. The molecule has 8 heteroatoms. The molecule has 0 saturated carbocycles. The first kappa shape index (κ1) is 15.8. The second-order valence-electron chi connectivity index (χ2n) is 5.61. The highest BCUT2D eigenvalue weighted by molar-refractivity contribution is 7.83. The number of para-hydroxylation sites is 1. The molecule has 0 saturated heterocycles. The third-order valence-corrected chi connectivity index (χ3v) is 5.34. The number of fused-ring (bicyclic) bond motifs is 2. The third-order valence-electron chi connectivity index (χ3n) is 3.98. The molecule has 0 spiro atoms. The van der Waals surface area contributed by atoms with Crippen molar-refractivity contribution in [2.24, 2.45) is 5.73 Å². The van der Waals surface area contributed by atoms with Crippen molar-refractivity contribution in [3.8, 4) is 5.75 Å². The number of nitrogens with two attached hydrogens (primary N) is 1. The van der Waals surface area contributed by atoms with Crippen LogP contribution in [0.4, 0.5) is 5.69 Å². The van der Waals surface area contributed by atoms with Gasteiger partial charge in [0.1, 0.15) is 4.90 Å². The van der Waals surface area contributed by atoms with Crippen molar-refractivity contribution in [2.75, 3.05) is 18.5 Å². The molecule has 1 aliphatic heterocycles. The zero-order valence-corrected chi connectivity index (χ0v) is 14.1. The summed E-state index contributed by atoms with van der Waals surface area (Å²) in [6.07, 6.45) is 4.18. The number of hydrogen-bond acceptors (Lipinski definition) is 5. The number of rotatable bonds is 4. The summed E-state index contributed by atoms with van der Waals surface area (Å²) in [6, 6.07) is 8.88. The summed E-state index contributed by atoms with van der Waals surface area (Å²) < 4.78 is 20.4. The molecule has 1 amide bonds. The fraction of sp³-hybridized carbons (Fsp3) is 0.176. The van der Waals surface area contributed by atoms with Crippen LogP contribution in [0.5, 0.6) is 5.75 Å². The maximum absolute atomic E-state index is 13.3. The van der Waals surface area contributed by atoms with Crippen LogP contribution in [0, 0.1) is 0 Å². The normalized spacial score (nSPS) is 14.7. The van der Waals surface area contributed by atoms with Gasteiger partial charge in [-0.05, 0) is 42.8 Å². The van der Waals surface area contributed by atoms with Crippen molar-refractivity contribution in [3.05, 3.63) is 48.3 Å². The first-order valence-electron chi connectivity index (χ1n) is 7.82. The lowest BCUT2D eigenvalue weighted by Crippen LogP contribution is -2.26.